The van der Waals surface area contributed by atoms with Gasteiger partial charge >= 0.3 is 5.97 Å². The van der Waals surface area contributed by atoms with Gasteiger partial charge in [0, 0.05) is 24.4 Å². The number of carbonyl (C=O) groups is 1. The summed E-state index contributed by atoms with van der Waals surface area (Å²) in [6, 6.07) is 0.546. The van der Waals surface area contributed by atoms with Gasteiger partial charge in [-0.2, -0.15) is 5.10 Å². The van der Waals surface area contributed by atoms with Gasteiger partial charge in [-0.15, -0.1) is 0 Å². The summed E-state index contributed by atoms with van der Waals surface area (Å²) >= 11 is 9.60. The maximum absolute atomic E-state index is 12.5. The number of hydrogen-bond donors (Lipinski definition) is 0. The van der Waals surface area contributed by atoms with Crippen LogP contribution in [-0.2, 0) is 4.74 Å². The van der Waals surface area contributed by atoms with Crippen LogP contribution in [0.3, 0.4) is 0 Å². The third kappa shape index (κ3) is 3.41. The Morgan fingerprint density at radius 2 is 2.16 bits per heavy atom. The van der Waals surface area contributed by atoms with Gasteiger partial charge in [-0.05, 0) is 54.7 Å². The molecule has 2 fully saturated rings. The van der Waals surface area contributed by atoms with Crippen LogP contribution in [0.2, 0.25) is 5.02 Å². The van der Waals surface area contributed by atoms with Crippen LogP contribution in [0.15, 0.2) is 16.9 Å². The number of ether oxygens (including phenoxy) is 1. The molecule has 25 heavy (non-hydrogen) atoms. The van der Waals surface area contributed by atoms with E-state index in [0.717, 1.165) is 10.9 Å². The Morgan fingerprint density at radius 1 is 1.32 bits per heavy atom. The third-order valence-electron chi connectivity index (χ3n) is 5.24. The number of halogens is 2. The monoisotopic (exact) mass is 426 g/mol. The average Bonchev–Trinajstić information content (AvgIpc) is 2.95. The third-order valence-corrected chi connectivity index (χ3v) is 5.99. The fourth-order valence-electron chi connectivity index (χ4n) is 4.04. The van der Waals surface area contributed by atoms with Crippen molar-refractivity contribution in [2.24, 2.45) is 5.92 Å². The number of fused-ring (bicyclic) bond motifs is 2. The van der Waals surface area contributed by atoms with Gasteiger partial charge in [0.15, 0.2) is 11.3 Å². The van der Waals surface area contributed by atoms with Gasteiger partial charge in [0.25, 0.3) is 0 Å². The van der Waals surface area contributed by atoms with Crippen LogP contribution in [0.25, 0.3) is 5.65 Å². The highest BCUT2D eigenvalue weighted by atomic mass is 79.9. The molecule has 0 spiro atoms. The average molecular weight is 428 g/mol. The molecule has 8 heteroatoms. The highest BCUT2D eigenvalue weighted by Crippen LogP contribution is 2.31. The number of rotatable bonds is 3. The van der Waals surface area contributed by atoms with Crippen molar-refractivity contribution < 1.29 is 9.53 Å². The lowest BCUT2D eigenvalue weighted by Crippen LogP contribution is -2.49. The van der Waals surface area contributed by atoms with E-state index in [2.05, 4.69) is 30.9 Å². The topological polar surface area (TPSA) is 59.7 Å². The molecular formula is C17H20BrClN4O2. The lowest BCUT2D eigenvalue weighted by atomic mass is 9.84. The molecular weight excluding hydrogens is 408 g/mol. The predicted molar refractivity (Wildman–Crippen MR) is 97.9 cm³/mol. The summed E-state index contributed by atoms with van der Waals surface area (Å²) in [6.07, 6.45) is 9.37. The van der Waals surface area contributed by atoms with Crippen LogP contribution in [0.5, 0.6) is 0 Å². The molecule has 0 aromatic carbocycles. The maximum Gasteiger partial charge on any atom is 0.360 e. The van der Waals surface area contributed by atoms with Crippen LogP contribution in [0.4, 0.5) is 0 Å². The Labute approximate surface area is 159 Å². The summed E-state index contributed by atoms with van der Waals surface area (Å²) in [5, 5.41) is 4.46. The summed E-state index contributed by atoms with van der Waals surface area (Å²) in [7, 11) is 0. The van der Waals surface area contributed by atoms with Crippen molar-refractivity contribution >= 4 is 39.1 Å². The molecule has 6 nitrogen and oxygen atoms in total. The quantitative estimate of drug-likeness (QED) is 0.701. The van der Waals surface area contributed by atoms with Gasteiger partial charge in [-0.25, -0.2) is 14.3 Å². The minimum atomic E-state index is -0.473. The van der Waals surface area contributed by atoms with E-state index < -0.39 is 5.97 Å². The molecule has 2 aliphatic heterocycles. The number of aromatic nitrogens is 3. The summed E-state index contributed by atoms with van der Waals surface area (Å²) in [6.45, 7) is 2.78. The summed E-state index contributed by atoms with van der Waals surface area (Å²) in [4.78, 5) is 19.2. The van der Waals surface area contributed by atoms with Gasteiger partial charge in [-0.3, -0.25) is 4.90 Å². The van der Waals surface area contributed by atoms with E-state index in [1.54, 1.807) is 12.4 Å². The second-order valence-electron chi connectivity index (χ2n) is 6.80. The van der Waals surface area contributed by atoms with Crippen LogP contribution in [0.1, 0.15) is 42.6 Å². The first-order chi connectivity index (χ1) is 12.1. The number of carbonyl (C=O) groups excluding carboxylic acids is 1. The molecule has 4 heterocycles. The number of esters is 1. The minimum absolute atomic E-state index is 0.128. The Hall–Kier alpha value is -1.18. The molecule has 0 saturated carbocycles. The smallest absolute Gasteiger partial charge is 0.360 e. The van der Waals surface area contributed by atoms with Gasteiger partial charge in [-0.1, -0.05) is 18.0 Å². The standard InChI is InChI=1S/C17H20BrClN4O2/c18-12-8-20-16-14(19)15(21-23(16)9-12)17(24)25-10-11-4-3-7-22-6-2-1-5-13(11)22/h8-9,11,13H,1-7,10H2. The first-order valence-electron chi connectivity index (χ1n) is 8.74. The fourth-order valence-corrected chi connectivity index (χ4v) is 4.58. The van der Waals surface area contributed by atoms with Gasteiger partial charge in [0.1, 0.15) is 5.02 Å². The molecule has 0 amide bonds. The molecule has 0 aliphatic carbocycles. The molecule has 0 radical (unpaired) electrons. The maximum atomic E-state index is 12.5. The summed E-state index contributed by atoms with van der Waals surface area (Å²) in [5.41, 5.74) is 0.580. The van der Waals surface area contributed by atoms with Crippen LogP contribution in [-0.4, -0.2) is 51.2 Å². The van der Waals surface area contributed by atoms with Crippen molar-refractivity contribution in [2.45, 2.75) is 38.1 Å². The van der Waals surface area contributed by atoms with Crippen LogP contribution >= 0.6 is 27.5 Å². The zero-order valence-electron chi connectivity index (χ0n) is 13.8. The Morgan fingerprint density at radius 3 is 3.04 bits per heavy atom. The highest BCUT2D eigenvalue weighted by Gasteiger charge is 2.34. The molecule has 2 aromatic rings. The Balaban J connectivity index is 1.46. The van der Waals surface area contributed by atoms with E-state index in [0.29, 0.717) is 24.2 Å². The second kappa shape index (κ2) is 7.21. The van der Waals surface area contributed by atoms with Gasteiger partial charge < -0.3 is 4.74 Å². The van der Waals surface area contributed by atoms with Crippen molar-refractivity contribution in [3.63, 3.8) is 0 Å². The van der Waals surface area contributed by atoms with E-state index in [4.69, 9.17) is 16.3 Å². The zero-order chi connectivity index (χ0) is 17.4. The lowest BCUT2D eigenvalue weighted by Gasteiger charge is -2.44. The molecule has 0 N–H and O–H groups in total. The molecule has 2 aliphatic rings. The molecule has 2 aromatic heterocycles. The molecule has 2 atom stereocenters. The van der Waals surface area contributed by atoms with Gasteiger partial charge in [0.05, 0.1) is 11.1 Å². The SMILES string of the molecule is O=C(OCC1CCCN2CCCCC12)c1nn2cc(Br)cnc2c1Cl. The van der Waals surface area contributed by atoms with Crippen LogP contribution < -0.4 is 0 Å². The number of piperidine rings is 2. The van der Waals surface area contributed by atoms with Crippen molar-refractivity contribution in [3.05, 3.63) is 27.6 Å². The number of hydrogen-bond acceptors (Lipinski definition) is 5. The first-order valence-corrected chi connectivity index (χ1v) is 9.91. The van der Waals surface area contributed by atoms with E-state index in [9.17, 15) is 4.79 Å². The van der Waals surface area contributed by atoms with E-state index in [-0.39, 0.29) is 10.7 Å². The normalized spacial score (nSPS) is 24.2. The summed E-state index contributed by atoms with van der Waals surface area (Å²) < 4.78 is 7.85. The molecule has 4 rings (SSSR count). The highest BCUT2D eigenvalue weighted by molar-refractivity contribution is 9.10. The minimum Gasteiger partial charge on any atom is -0.461 e. The largest absolute Gasteiger partial charge is 0.461 e. The van der Waals surface area contributed by atoms with E-state index in [1.807, 2.05) is 0 Å². The zero-order valence-corrected chi connectivity index (χ0v) is 16.2. The lowest BCUT2D eigenvalue weighted by molar-refractivity contribution is 0.00701. The molecule has 0 bridgehead atoms. The molecule has 2 unspecified atom stereocenters. The Bertz CT molecular complexity index is 794. The molecule has 134 valence electrons. The van der Waals surface area contributed by atoms with Crippen molar-refractivity contribution in [3.8, 4) is 0 Å². The first kappa shape index (κ1) is 17.2. The van der Waals surface area contributed by atoms with Crippen molar-refractivity contribution in [1.29, 1.82) is 0 Å². The molecule has 2 saturated heterocycles. The number of nitrogens with zero attached hydrogens (tertiary/aromatic N) is 4. The van der Waals surface area contributed by atoms with Crippen molar-refractivity contribution in [1.82, 2.24) is 19.5 Å². The van der Waals surface area contributed by atoms with E-state index >= 15 is 0 Å². The Kier molecular flexibility index (Phi) is 4.97. The predicted octanol–water partition coefficient (Wildman–Crippen LogP) is 3.57. The summed E-state index contributed by atoms with van der Waals surface area (Å²) in [5.74, 6) is -0.0689. The van der Waals surface area contributed by atoms with Crippen molar-refractivity contribution in [2.75, 3.05) is 19.7 Å². The van der Waals surface area contributed by atoms with Gasteiger partial charge in [0.2, 0.25) is 0 Å². The van der Waals surface area contributed by atoms with E-state index in [1.165, 1.54) is 43.3 Å². The van der Waals surface area contributed by atoms with Crippen LogP contribution in [0, 0.1) is 5.92 Å². The second-order valence-corrected chi connectivity index (χ2v) is 8.10. The fraction of sp³-hybridized carbons (Fsp3) is 0.588.